The maximum atomic E-state index is 6.28. The van der Waals surface area contributed by atoms with Gasteiger partial charge >= 0.3 is 0 Å². The van der Waals surface area contributed by atoms with Gasteiger partial charge in [0.05, 0.1) is 15.9 Å². The van der Waals surface area contributed by atoms with Crippen LogP contribution in [0.3, 0.4) is 0 Å². The molecule has 0 aliphatic carbocycles. The number of para-hydroxylation sites is 2. The van der Waals surface area contributed by atoms with Gasteiger partial charge in [0.25, 0.3) is 0 Å². The molecule has 0 bridgehead atoms. The molecule has 0 spiro atoms. The van der Waals surface area contributed by atoms with E-state index in [-0.39, 0.29) is 0 Å². The van der Waals surface area contributed by atoms with Gasteiger partial charge in [-0.2, -0.15) is 0 Å². The molecule has 8 rings (SSSR count). The molecule has 2 nitrogen and oxygen atoms in total. The first-order valence-corrected chi connectivity index (χ1v) is 12.9. The molecule has 0 aliphatic rings. The zero-order valence-corrected chi connectivity index (χ0v) is 20.0. The molecule has 5 aromatic carbocycles. The van der Waals surface area contributed by atoms with Crippen LogP contribution in [0.4, 0.5) is 0 Å². The third-order valence-electron chi connectivity index (χ3n) is 7.09. The molecular formula is C33H19NOS. The smallest absolute Gasteiger partial charge is 0.143 e. The van der Waals surface area contributed by atoms with Crippen molar-refractivity contribution in [3.63, 3.8) is 0 Å². The van der Waals surface area contributed by atoms with E-state index in [4.69, 9.17) is 9.40 Å². The first-order valence-electron chi connectivity index (χ1n) is 12.1. The highest BCUT2D eigenvalue weighted by Gasteiger charge is 2.16. The molecule has 3 aromatic heterocycles. The minimum absolute atomic E-state index is 0.920. The first kappa shape index (κ1) is 19.8. The second-order valence-corrected chi connectivity index (χ2v) is 10.2. The number of rotatable bonds is 2. The van der Waals surface area contributed by atoms with E-state index < -0.39 is 0 Å². The fourth-order valence-corrected chi connectivity index (χ4v) is 6.57. The first-order chi connectivity index (χ1) is 17.8. The number of furan rings is 1. The molecule has 0 atom stereocenters. The van der Waals surface area contributed by atoms with Crippen LogP contribution in [0.1, 0.15) is 0 Å². The Kier molecular flexibility index (Phi) is 4.13. The summed E-state index contributed by atoms with van der Waals surface area (Å²) in [5.74, 6) is 0. The summed E-state index contributed by atoms with van der Waals surface area (Å²) in [5, 5.41) is 5.96. The van der Waals surface area contributed by atoms with Crippen molar-refractivity contribution < 1.29 is 4.42 Å². The monoisotopic (exact) mass is 477 g/mol. The van der Waals surface area contributed by atoms with E-state index in [1.165, 1.54) is 25.6 Å². The largest absolute Gasteiger partial charge is 0.455 e. The maximum absolute atomic E-state index is 6.28. The van der Waals surface area contributed by atoms with Crippen LogP contribution < -0.4 is 0 Å². The number of aromatic nitrogens is 1. The highest BCUT2D eigenvalue weighted by molar-refractivity contribution is 7.26. The van der Waals surface area contributed by atoms with Crippen molar-refractivity contribution in [2.45, 2.75) is 0 Å². The topological polar surface area (TPSA) is 26.0 Å². The summed E-state index contributed by atoms with van der Waals surface area (Å²) in [6, 6.07) is 40.5. The highest BCUT2D eigenvalue weighted by Crippen LogP contribution is 2.41. The molecule has 0 amide bonds. The van der Waals surface area contributed by atoms with Crippen molar-refractivity contribution in [1.29, 1.82) is 0 Å². The Morgan fingerprint density at radius 2 is 1.19 bits per heavy atom. The van der Waals surface area contributed by atoms with Crippen LogP contribution in [0.2, 0.25) is 0 Å². The van der Waals surface area contributed by atoms with Crippen molar-refractivity contribution in [1.82, 2.24) is 4.98 Å². The van der Waals surface area contributed by atoms with Gasteiger partial charge in [-0.25, -0.2) is 4.98 Å². The Morgan fingerprint density at radius 3 is 2.06 bits per heavy atom. The molecule has 0 unspecified atom stereocenters. The Labute approximate surface area is 211 Å². The summed E-state index contributed by atoms with van der Waals surface area (Å²) in [7, 11) is 0. The third-order valence-corrected chi connectivity index (χ3v) is 8.29. The summed E-state index contributed by atoms with van der Waals surface area (Å²) in [6.45, 7) is 0. The lowest BCUT2D eigenvalue weighted by Gasteiger charge is -2.09. The average Bonchev–Trinajstić information content (AvgIpc) is 3.51. The van der Waals surface area contributed by atoms with Crippen LogP contribution in [0.15, 0.2) is 120 Å². The van der Waals surface area contributed by atoms with E-state index in [2.05, 4.69) is 103 Å². The third kappa shape index (κ3) is 2.81. The normalized spacial score (nSPS) is 11.9. The molecule has 168 valence electrons. The second kappa shape index (κ2) is 7.51. The van der Waals surface area contributed by atoms with Crippen molar-refractivity contribution in [3.8, 4) is 22.4 Å². The van der Waals surface area contributed by atoms with E-state index in [1.807, 2.05) is 23.5 Å². The predicted molar refractivity (Wildman–Crippen MR) is 153 cm³/mol. The highest BCUT2D eigenvalue weighted by atomic mass is 32.1. The lowest BCUT2D eigenvalue weighted by molar-refractivity contribution is 0.670. The molecule has 0 radical (unpaired) electrons. The van der Waals surface area contributed by atoms with Gasteiger partial charge < -0.3 is 4.42 Å². The molecule has 0 aliphatic heterocycles. The van der Waals surface area contributed by atoms with Gasteiger partial charge in [0.2, 0.25) is 0 Å². The van der Waals surface area contributed by atoms with Gasteiger partial charge in [-0.1, -0.05) is 103 Å². The van der Waals surface area contributed by atoms with Gasteiger partial charge in [-0.15, -0.1) is 11.3 Å². The standard InChI is InChI=1S/C33H19NOS/c1-2-10-26-24(9-1)30(34-31-27-11-4-6-15-29(27)36-33(26)31)21-18-16-20(17-19-21)22-12-7-13-25-23-8-3-5-14-28(23)35-32(22)25/h1-19H. The number of nitrogens with zero attached hydrogens (tertiary/aromatic N) is 1. The van der Waals surface area contributed by atoms with Crippen LogP contribution in [0.5, 0.6) is 0 Å². The molecule has 8 aromatic rings. The molecule has 3 heterocycles. The van der Waals surface area contributed by atoms with Gasteiger partial charge in [0, 0.05) is 42.8 Å². The summed E-state index contributed by atoms with van der Waals surface area (Å²) in [6.07, 6.45) is 0. The summed E-state index contributed by atoms with van der Waals surface area (Å²) in [5.41, 5.74) is 7.31. The van der Waals surface area contributed by atoms with Crippen LogP contribution in [0.25, 0.3) is 75.4 Å². The van der Waals surface area contributed by atoms with Crippen LogP contribution in [0, 0.1) is 0 Å². The van der Waals surface area contributed by atoms with Gasteiger partial charge in [-0.05, 0) is 17.7 Å². The number of hydrogen-bond donors (Lipinski definition) is 0. The molecule has 0 fully saturated rings. The molecule has 36 heavy (non-hydrogen) atoms. The van der Waals surface area contributed by atoms with Crippen molar-refractivity contribution in [2.24, 2.45) is 0 Å². The number of thiophene rings is 1. The molecular weight excluding hydrogens is 458 g/mol. The predicted octanol–water partition coefficient (Wildman–Crippen LogP) is 9.84. The van der Waals surface area contributed by atoms with E-state index in [9.17, 15) is 0 Å². The van der Waals surface area contributed by atoms with E-state index >= 15 is 0 Å². The van der Waals surface area contributed by atoms with Crippen LogP contribution in [-0.4, -0.2) is 4.98 Å². The lowest BCUT2D eigenvalue weighted by Crippen LogP contribution is -1.88. The zero-order chi connectivity index (χ0) is 23.6. The van der Waals surface area contributed by atoms with Crippen molar-refractivity contribution in [3.05, 3.63) is 115 Å². The van der Waals surface area contributed by atoms with E-state index in [0.29, 0.717) is 0 Å². The lowest BCUT2D eigenvalue weighted by atomic mass is 9.98. The molecule has 0 N–H and O–H groups in total. The fraction of sp³-hybridized carbons (Fsp3) is 0. The van der Waals surface area contributed by atoms with Crippen LogP contribution >= 0.6 is 11.3 Å². The Morgan fingerprint density at radius 1 is 0.528 bits per heavy atom. The van der Waals surface area contributed by atoms with Crippen molar-refractivity contribution in [2.75, 3.05) is 0 Å². The van der Waals surface area contributed by atoms with E-state index in [1.54, 1.807) is 0 Å². The van der Waals surface area contributed by atoms with Crippen molar-refractivity contribution >= 4 is 64.4 Å². The molecule has 0 saturated heterocycles. The summed E-state index contributed by atoms with van der Waals surface area (Å²) in [4.78, 5) is 5.23. The number of fused-ring (bicyclic) bond motifs is 8. The Hall–Kier alpha value is -4.47. The Bertz CT molecular complexity index is 2100. The second-order valence-electron chi connectivity index (χ2n) is 9.14. The number of pyridine rings is 1. The zero-order valence-electron chi connectivity index (χ0n) is 19.2. The SMILES string of the molecule is c1ccc2c(c1)oc1c(-c3ccc(-c4nc5c6ccccc6sc5c5ccccc45)cc3)cccc12. The number of hydrogen-bond acceptors (Lipinski definition) is 3. The van der Waals surface area contributed by atoms with Gasteiger partial charge in [0.15, 0.2) is 0 Å². The summed E-state index contributed by atoms with van der Waals surface area (Å²) < 4.78 is 8.81. The van der Waals surface area contributed by atoms with Crippen LogP contribution in [-0.2, 0) is 0 Å². The minimum Gasteiger partial charge on any atom is -0.455 e. The summed E-state index contributed by atoms with van der Waals surface area (Å²) >= 11 is 1.82. The van der Waals surface area contributed by atoms with Gasteiger partial charge in [0.1, 0.15) is 11.2 Å². The molecule has 3 heteroatoms. The average molecular weight is 478 g/mol. The van der Waals surface area contributed by atoms with Gasteiger partial charge in [-0.3, -0.25) is 0 Å². The number of benzene rings is 5. The maximum Gasteiger partial charge on any atom is 0.143 e. The minimum atomic E-state index is 0.920. The Balaban J connectivity index is 1.33. The quantitative estimate of drug-likeness (QED) is 0.248. The fourth-order valence-electron chi connectivity index (χ4n) is 5.39. The van der Waals surface area contributed by atoms with E-state index in [0.717, 1.165) is 49.8 Å². The molecule has 0 saturated carbocycles.